The minimum atomic E-state index is -0.495. The Bertz CT molecular complexity index is 1150. The van der Waals surface area contributed by atoms with E-state index in [-0.39, 0.29) is 18.1 Å². The highest BCUT2D eigenvalue weighted by molar-refractivity contribution is 7.22. The Morgan fingerprint density at radius 3 is 2.68 bits per heavy atom. The van der Waals surface area contributed by atoms with Crippen LogP contribution in [0.2, 0.25) is 0 Å². The number of aromatic nitrogens is 1. The second-order valence-corrected chi connectivity index (χ2v) is 7.25. The van der Waals surface area contributed by atoms with E-state index in [1.807, 2.05) is 25.1 Å². The zero-order valence-corrected chi connectivity index (χ0v) is 15.7. The Labute approximate surface area is 164 Å². The molecule has 0 unspecified atom stereocenters. The maximum atomic E-state index is 13.2. The molecular weight excluding hydrogens is 378 g/mol. The van der Waals surface area contributed by atoms with Crippen molar-refractivity contribution in [2.75, 3.05) is 4.90 Å². The lowest BCUT2D eigenvalue weighted by Crippen LogP contribution is -2.30. The SMILES string of the molecule is Cc1ccc2nc(N(Cc3ccco3)C(=O)c3ccc([N+](=O)[O-])cc3)sc2c1. The van der Waals surface area contributed by atoms with Crippen molar-refractivity contribution in [3.05, 3.63) is 87.9 Å². The molecule has 0 saturated heterocycles. The van der Waals surface area contributed by atoms with Gasteiger partial charge in [0.05, 0.1) is 27.9 Å². The lowest BCUT2D eigenvalue weighted by Gasteiger charge is -2.18. The largest absolute Gasteiger partial charge is 0.467 e. The molecule has 2 aromatic heterocycles. The molecule has 7 nitrogen and oxygen atoms in total. The van der Waals surface area contributed by atoms with Gasteiger partial charge in [-0.05, 0) is 48.9 Å². The van der Waals surface area contributed by atoms with E-state index < -0.39 is 4.92 Å². The van der Waals surface area contributed by atoms with Gasteiger partial charge in [0.15, 0.2) is 5.13 Å². The van der Waals surface area contributed by atoms with Crippen LogP contribution in [0.15, 0.2) is 65.3 Å². The lowest BCUT2D eigenvalue weighted by molar-refractivity contribution is -0.384. The predicted octanol–water partition coefficient (Wildman–Crippen LogP) is 4.95. The summed E-state index contributed by atoms with van der Waals surface area (Å²) in [5.74, 6) is 0.313. The van der Waals surface area contributed by atoms with Gasteiger partial charge in [-0.25, -0.2) is 4.98 Å². The second kappa shape index (κ2) is 7.24. The molecule has 2 heterocycles. The fourth-order valence-electron chi connectivity index (χ4n) is 2.80. The molecule has 28 heavy (non-hydrogen) atoms. The van der Waals surface area contributed by atoms with E-state index in [1.54, 1.807) is 18.4 Å². The number of nitrogens with zero attached hydrogens (tertiary/aromatic N) is 3. The van der Waals surface area contributed by atoms with E-state index >= 15 is 0 Å². The monoisotopic (exact) mass is 393 g/mol. The van der Waals surface area contributed by atoms with Crippen LogP contribution < -0.4 is 4.90 Å². The summed E-state index contributed by atoms with van der Waals surface area (Å²) in [6.45, 7) is 2.21. The molecule has 0 aliphatic carbocycles. The smallest absolute Gasteiger partial charge is 0.269 e. The fourth-order valence-corrected chi connectivity index (χ4v) is 3.86. The lowest BCUT2D eigenvalue weighted by atomic mass is 10.2. The third kappa shape index (κ3) is 3.49. The molecule has 0 saturated carbocycles. The summed E-state index contributed by atoms with van der Waals surface area (Å²) in [5.41, 5.74) is 2.20. The van der Waals surface area contributed by atoms with Gasteiger partial charge in [0.1, 0.15) is 5.76 Å². The summed E-state index contributed by atoms with van der Waals surface area (Å²) in [7, 11) is 0. The number of fused-ring (bicyclic) bond motifs is 1. The standard InChI is InChI=1S/C20H15N3O4S/c1-13-4-9-17-18(11-13)28-20(21-17)22(12-16-3-2-10-27-16)19(24)14-5-7-15(8-6-14)23(25)26/h2-11H,12H2,1H3. The Kier molecular flexibility index (Phi) is 4.62. The van der Waals surface area contributed by atoms with Crippen LogP contribution >= 0.6 is 11.3 Å². The molecule has 4 aromatic rings. The average molecular weight is 393 g/mol. The van der Waals surface area contributed by atoms with Gasteiger partial charge >= 0.3 is 0 Å². The Balaban J connectivity index is 1.73. The summed E-state index contributed by atoms with van der Waals surface area (Å²) in [5, 5.41) is 11.4. The van der Waals surface area contributed by atoms with Crippen LogP contribution in [-0.2, 0) is 6.54 Å². The zero-order chi connectivity index (χ0) is 19.7. The van der Waals surface area contributed by atoms with Crippen LogP contribution in [0.25, 0.3) is 10.2 Å². The number of non-ortho nitro benzene ring substituents is 1. The maximum Gasteiger partial charge on any atom is 0.269 e. The highest BCUT2D eigenvalue weighted by atomic mass is 32.1. The number of nitro benzene ring substituents is 1. The average Bonchev–Trinajstić information content (AvgIpc) is 3.34. The summed E-state index contributed by atoms with van der Waals surface area (Å²) in [6.07, 6.45) is 1.55. The number of thiazole rings is 1. The molecule has 2 aromatic carbocycles. The summed E-state index contributed by atoms with van der Waals surface area (Å²) in [4.78, 5) is 29.7. The third-order valence-corrected chi connectivity index (χ3v) is 5.27. The second-order valence-electron chi connectivity index (χ2n) is 6.24. The molecule has 0 bridgehead atoms. The molecule has 140 valence electrons. The molecule has 1 amide bonds. The number of furan rings is 1. The van der Waals surface area contributed by atoms with Gasteiger partial charge < -0.3 is 4.42 Å². The molecule has 0 radical (unpaired) electrons. The van der Waals surface area contributed by atoms with Crippen LogP contribution in [-0.4, -0.2) is 15.8 Å². The van der Waals surface area contributed by atoms with E-state index in [9.17, 15) is 14.9 Å². The number of nitro groups is 1. The van der Waals surface area contributed by atoms with Crippen molar-refractivity contribution in [1.29, 1.82) is 0 Å². The van der Waals surface area contributed by atoms with Crippen LogP contribution in [0.5, 0.6) is 0 Å². The molecule has 0 atom stereocenters. The number of carbonyl (C=O) groups is 1. The van der Waals surface area contributed by atoms with E-state index in [0.717, 1.165) is 15.8 Å². The Hall–Kier alpha value is -3.52. The first kappa shape index (κ1) is 17.9. The van der Waals surface area contributed by atoms with Gasteiger partial charge in [0.2, 0.25) is 0 Å². The first-order chi connectivity index (χ1) is 13.5. The molecule has 8 heteroatoms. The van der Waals surface area contributed by atoms with Gasteiger partial charge in [0, 0.05) is 17.7 Å². The van der Waals surface area contributed by atoms with E-state index in [2.05, 4.69) is 4.98 Å². The van der Waals surface area contributed by atoms with Gasteiger partial charge in [-0.1, -0.05) is 17.4 Å². The maximum absolute atomic E-state index is 13.2. The molecule has 0 aliphatic heterocycles. The van der Waals surface area contributed by atoms with Crippen LogP contribution in [0.4, 0.5) is 10.8 Å². The Morgan fingerprint density at radius 2 is 2.00 bits per heavy atom. The van der Waals surface area contributed by atoms with Crippen molar-refractivity contribution in [2.45, 2.75) is 13.5 Å². The first-order valence-corrected chi connectivity index (χ1v) is 9.29. The fraction of sp³-hybridized carbons (Fsp3) is 0.100. The number of hydrogen-bond donors (Lipinski definition) is 0. The first-order valence-electron chi connectivity index (χ1n) is 8.47. The van der Waals surface area contributed by atoms with E-state index in [1.165, 1.54) is 40.5 Å². The number of carbonyl (C=O) groups excluding carboxylic acids is 1. The normalized spacial score (nSPS) is 10.9. The van der Waals surface area contributed by atoms with Gasteiger partial charge in [-0.2, -0.15) is 0 Å². The molecule has 0 spiro atoms. The van der Waals surface area contributed by atoms with Crippen molar-refractivity contribution in [3.8, 4) is 0 Å². The van der Waals surface area contributed by atoms with Crippen molar-refractivity contribution >= 4 is 38.3 Å². The number of benzene rings is 2. The van der Waals surface area contributed by atoms with E-state index in [0.29, 0.717) is 16.5 Å². The zero-order valence-electron chi connectivity index (χ0n) is 14.9. The predicted molar refractivity (Wildman–Crippen MR) is 107 cm³/mol. The Morgan fingerprint density at radius 1 is 1.21 bits per heavy atom. The molecule has 0 N–H and O–H groups in total. The van der Waals surface area contributed by atoms with Crippen molar-refractivity contribution < 1.29 is 14.1 Å². The third-order valence-electron chi connectivity index (χ3n) is 4.23. The molecule has 0 fully saturated rings. The summed E-state index contributed by atoms with van der Waals surface area (Å²) < 4.78 is 6.39. The number of anilines is 1. The van der Waals surface area contributed by atoms with Crippen LogP contribution in [0.1, 0.15) is 21.7 Å². The van der Waals surface area contributed by atoms with Gasteiger partial charge in [-0.15, -0.1) is 0 Å². The van der Waals surface area contributed by atoms with Crippen LogP contribution in [0.3, 0.4) is 0 Å². The number of rotatable bonds is 5. The minimum Gasteiger partial charge on any atom is -0.467 e. The van der Waals surface area contributed by atoms with E-state index in [4.69, 9.17) is 4.42 Å². The molecular formula is C20H15N3O4S. The molecule has 4 rings (SSSR count). The highest BCUT2D eigenvalue weighted by Gasteiger charge is 2.23. The quantitative estimate of drug-likeness (QED) is 0.353. The van der Waals surface area contributed by atoms with Crippen molar-refractivity contribution in [1.82, 2.24) is 4.98 Å². The topological polar surface area (TPSA) is 89.5 Å². The van der Waals surface area contributed by atoms with Crippen molar-refractivity contribution in [3.63, 3.8) is 0 Å². The number of amides is 1. The highest BCUT2D eigenvalue weighted by Crippen LogP contribution is 2.31. The number of aryl methyl sites for hydroxylation is 1. The summed E-state index contributed by atoms with van der Waals surface area (Å²) in [6, 6.07) is 15.0. The van der Waals surface area contributed by atoms with Crippen LogP contribution in [0, 0.1) is 17.0 Å². The van der Waals surface area contributed by atoms with Gasteiger partial charge in [-0.3, -0.25) is 19.8 Å². The minimum absolute atomic E-state index is 0.0652. The molecule has 0 aliphatic rings. The summed E-state index contributed by atoms with van der Waals surface area (Å²) >= 11 is 1.42. The van der Waals surface area contributed by atoms with Gasteiger partial charge in [0.25, 0.3) is 11.6 Å². The number of hydrogen-bond acceptors (Lipinski definition) is 6. The van der Waals surface area contributed by atoms with Crippen molar-refractivity contribution in [2.24, 2.45) is 0 Å².